The number of amides is 1. The van der Waals surface area contributed by atoms with Crippen molar-refractivity contribution in [2.45, 2.75) is 26.3 Å². The van der Waals surface area contributed by atoms with Gasteiger partial charge in [0.05, 0.1) is 23.8 Å². The predicted octanol–water partition coefficient (Wildman–Crippen LogP) is 5.33. The van der Waals surface area contributed by atoms with Crippen molar-refractivity contribution in [3.8, 4) is 0 Å². The van der Waals surface area contributed by atoms with E-state index in [1.54, 1.807) is 24.3 Å². The number of Topliss-reactive ketones (excluding diaryl/α,β-unsaturated/α-hetero) is 1. The minimum absolute atomic E-state index is 0.0985. The number of carbonyl (C=O) groups is 3. The van der Waals surface area contributed by atoms with E-state index in [0.29, 0.717) is 29.8 Å². The first-order valence-electron chi connectivity index (χ1n) is 11.2. The average Bonchev–Trinajstić information content (AvgIpc) is 3.13. The zero-order chi connectivity index (χ0) is 25.1. The number of aryl methyl sites for hydroxylation is 1. The van der Waals surface area contributed by atoms with Gasteiger partial charge in [-0.3, -0.25) is 14.5 Å². The lowest BCUT2D eigenvalue weighted by atomic mass is 9.94. The number of hydrogen-bond donors (Lipinski definition) is 1. The molecule has 1 aliphatic rings. The van der Waals surface area contributed by atoms with Crippen molar-refractivity contribution in [1.82, 2.24) is 0 Å². The number of rotatable bonds is 6. The van der Waals surface area contributed by atoms with Crippen molar-refractivity contribution < 1.29 is 28.6 Å². The lowest BCUT2D eigenvalue weighted by molar-refractivity contribution is -0.132. The molecule has 0 spiro atoms. The van der Waals surface area contributed by atoms with Crippen LogP contribution in [-0.2, 0) is 14.3 Å². The minimum Gasteiger partial charge on any atom is -0.507 e. The number of aliphatic hydroxyl groups excluding tert-OH is 1. The van der Waals surface area contributed by atoms with Gasteiger partial charge in [-0.15, -0.1) is 0 Å². The lowest BCUT2D eigenvalue weighted by Crippen LogP contribution is -2.29. The van der Waals surface area contributed by atoms with Gasteiger partial charge in [-0.05, 0) is 67.4 Å². The van der Waals surface area contributed by atoms with Crippen LogP contribution in [0.2, 0.25) is 0 Å². The molecule has 4 rings (SSSR count). The summed E-state index contributed by atoms with van der Waals surface area (Å²) in [6.07, 6.45) is 0.693. The molecule has 178 valence electrons. The Morgan fingerprint density at radius 1 is 1.00 bits per heavy atom. The van der Waals surface area contributed by atoms with E-state index >= 15 is 0 Å². The number of anilines is 1. The van der Waals surface area contributed by atoms with Gasteiger partial charge in [-0.25, -0.2) is 9.18 Å². The molecule has 1 amide bonds. The second kappa shape index (κ2) is 9.93. The van der Waals surface area contributed by atoms with Gasteiger partial charge in [-0.2, -0.15) is 0 Å². The topological polar surface area (TPSA) is 83.9 Å². The second-order valence-corrected chi connectivity index (χ2v) is 8.27. The van der Waals surface area contributed by atoms with Gasteiger partial charge in [0.1, 0.15) is 11.6 Å². The molecule has 1 fully saturated rings. The van der Waals surface area contributed by atoms with Gasteiger partial charge in [-0.1, -0.05) is 36.8 Å². The molecular weight excluding hydrogens is 449 g/mol. The molecule has 0 saturated carbocycles. The first kappa shape index (κ1) is 23.9. The third-order valence-electron chi connectivity index (χ3n) is 5.74. The number of ether oxygens (including phenoxy) is 1. The first-order valence-corrected chi connectivity index (χ1v) is 11.2. The van der Waals surface area contributed by atoms with Gasteiger partial charge in [0.2, 0.25) is 0 Å². The zero-order valence-electron chi connectivity index (χ0n) is 19.3. The third-order valence-corrected chi connectivity index (χ3v) is 5.74. The Morgan fingerprint density at radius 3 is 2.29 bits per heavy atom. The van der Waals surface area contributed by atoms with E-state index in [1.807, 2.05) is 26.0 Å². The number of aliphatic hydroxyl groups is 1. The maximum atomic E-state index is 13.4. The van der Waals surface area contributed by atoms with Crippen molar-refractivity contribution in [1.29, 1.82) is 0 Å². The van der Waals surface area contributed by atoms with Crippen LogP contribution >= 0.6 is 0 Å². The number of esters is 1. The fourth-order valence-electron chi connectivity index (χ4n) is 4.05. The Kier molecular flexibility index (Phi) is 6.78. The van der Waals surface area contributed by atoms with E-state index in [9.17, 15) is 23.9 Å². The maximum Gasteiger partial charge on any atom is 0.338 e. The van der Waals surface area contributed by atoms with Gasteiger partial charge < -0.3 is 9.84 Å². The number of nitrogens with zero attached hydrogens (tertiary/aromatic N) is 1. The number of ketones is 1. The summed E-state index contributed by atoms with van der Waals surface area (Å²) >= 11 is 0. The lowest BCUT2D eigenvalue weighted by Gasteiger charge is -2.26. The molecule has 6 nitrogen and oxygen atoms in total. The van der Waals surface area contributed by atoms with Crippen LogP contribution in [0.1, 0.15) is 46.4 Å². The van der Waals surface area contributed by atoms with E-state index in [0.717, 1.165) is 5.56 Å². The van der Waals surface area contributed by atoms with E-state index in [4.69, 9.17) is 4.74 Å². The van der Waals surface area contributed by atoms with Crippen LogP contribution in [-0.4, -0.2) is 29.4 Å². The Morgan fingerprint density at radius 2 is 1.66 bits per heavy atom. The van der Waals surface area contributed by atoms with Gasteiger partial charge in [0.15, 0.2) is 0 Å². The van der Waals surface area contributed by atoms with E-state index in [-0.39, 0.29) is 11.1 Å². The molecule has 0 aromatic heterocycles. The second-order valence-electron chi connectivity index (χ2n) is 8.27. The Hall–Kier alpha value is -4.26. The standard InChI is InChI=1S/C28H24FNO5/c1-3-15-35-28(34)19-9-13-22(14-10-19)30-24(20-6-4-5-17(2)16-20)23(26(32)27(30)33)25(31)18-7-11-21(29)12-8-18/h4-14,16,24,31H,3,15H2,1-2H3/b25-23+. The molecule has 0 aliphatic carbocycles. The Balaban J connectivity index is 1.83. The molecule has 7 heteroatoms. The van der Waals surface area contributed by atoms with Crippen LogP contribution < -0.4 is 4.90 Å². The predicted molar refractivity (Wildman–Crippen MR) is 129 cm³/mol. The summed E-state index contributed by atoms with van der Waals surface area (Å²) in [6.45, 7) is 4.07. The molecule has 1 N–H and O–H groups in total. The highest BCUT2D eigenvalue weighted by atomic mass is 19.1. The van der Waals surface area contributed by atoms with Crippen molar-refractivity contribution in [2.24, 2.45) is 0 Å². The smallest absolute Gasteiger partial charge is 0.338 e. The average molecular weight is 474 g/mol. The SMILES string of the molecule is CCCOC(=O)c1ccc(N2C(=O)C(=O)/C(=C(/O)c3ccc(F)cc3)C2c2cccc(C)c2)cc1. The van der Waals surface area contributed by atoms with Crippen LogP contribution in [0.25, 0.3) is 5.76 Å². The molecule has 1 atom stereocenters. The largest absolute Gasteiger partial charge is 0.507 e. The summed E-state index contributed by atoms with van der Waals surface area (Å²) < 4.78 is 18.6. The van der Waals surface area contributed by atoms with Crippen molar-refractivity contribution in [3.05, 3.63) is 106 Å². The quantitative estimate of drug-likeness (QED) is 0.227. The summed E-state index contributed by atoms with van der Waals surface area (Å²) in [5.74, 6) is -3.04. The van der Waals surface area contributed by atoms with E-state index < -0.39 is 35.3 Å². The minimum atomic E-state index is -0.919. The summed E-state index contributed by atoms with van der Waals surface area (Å²) in [6, 6.07) is 17.6. The van der Waals surface area contributed by atoms with Crippen LogP contribution in [0.5, 0.6) is 0 Å². The molecule has 1 aliphatic heterocycles. The van der Waals surface area contributed by atoms with Gasteiger partial charge >= 0.3 is 5.97 Å². The number of benzene rings is 3. The molecule has 1 heterocycles. The van der Waals surface area contributed by atoms with Crippen LogP contribution in [0.3, 0.4) is 0 Å². The number of hydrogen-bond acceptors (Lipinski definition) is 5. The van der Waals surface area contributed by atoms with Crippen molar-refractivity contribution in [2.75, 3.05) is 11.5 Å². The third kappa shape index (κ3) is 4.71. The van der Waals surface area contributed by atoms with E-state index in [2.05, 4.69) is 0 Å². The molecule has 3 aromatic rings. The molecule has 1 saturated heterocycles. The number of halogens is 1. The fraction of sp³-hybridized carbons (Fsp3) is 0.179. The van der Waals surface area contributed by atoms with Gasteiger partial charge in [0, 0.05) is 11.3 Å². The van der Waals surface area contributed by atoms with Crippen LogP contribution in [0.4, 0.5) is 10.1 Å². The van der Waals surface area contributed by atoms with Crippen molar-refractivity contribution >= 4 is 29.1 Å². The summed E-state index contributed by atoms with van der Waals surface area (Å²) in [7, 11) is 0. The summed E-state index contributed by atoms with van der Waals surface area (Å²) in [5, 5.41) is 11.1. The highest BCUT2D eigenvalue weighted by Gasteiger charge is 2.47. The van der Waals surface area contributed by atoms with Gasteiger partial charge in [0.25, 0.3) is 11.7 Å². The first-order chi connectivity index (χ1) is 16.8. The Bertz CT molecular complexity index is 1310. The molecular formula is C28H24FNO5. The maximum absolute atomic E-state index is 13.4. The molecule has 1 unspecified atom stereocenters. The molecule has 0 radical (unpaired) electrons. The number of carbonyl (C=O) groups excluding carboxylic acids is 3. The molecule has 35 heavy (non-hydrogen) atoms. The van der Waals surface area contributed by atoms with Crippen molar-refractivity contribution in [3.63, 3.8) is 0 Å². The Labute approximate surface area is 202 Å². The molecule has 3 aromatic carbocycles. The monoisotopic (exact) mass is 473 g/mol. The highest BCUT2D eigenvalue weighted by molar-refractivity contribution is 6.51. The van der Waals surface area contributed by atoms with E-state index in [1.165, 1.54) is 41.3 Å². The summed E-state index contributed by atoms with van der Waals surface area (Å²) in [4.78, 5) is 39.9. The normalized spacial score (nSPS) is 17.0. The summed E-state index contributed by atoms with van der Waals surface area (Å²) in [5.41, 5.74) is 2.35. The van der Waals surface area contributed by atoms with Crippen LogP contribution in [0.15, 0.2) is 78.4 Å². The highest BCUT2D eigenvalue weighted by Crippen LogP contribution is 2.42. The van der Waals surface area contributed by atoms with Crippen LogP contribution in [0, 0.1) is 12.7 Å². The molecule has 0 bridgehead atoms. The fourth-order valence-corrected chi connectivity index (χ4v) is 4.05. The zero-order valence-corrected chi connectivity index (χ0v) is 19.3.